The van der Waals surface area contributed by atoms with E-state index < -0.39 is 0 Å². The van der Waals surface area contributed by atoms with Crippen molar-refractivity contribution in [1.82, 2.24) is 5.32 Å². The molecule has 1 amide bonds. The molecule has 3 heteroatoms. The van der Waals surface area contributed by atoms with Crippen LogP contribution in [-0.2, 0) is 24.3 Å². The highest BCUT2D eigenvalue weighted by molar-refractivity contribution is 5.78. The number of hydrogen-bond donors (Lipinski definition) is 2. The summed E-state index contributed by atoms with van der Waals surface area (Å²) in [5, 5.41) is 3.12. The highest BCUT2D eigenvalue weighted by atomic mass is 16.1. The topological polar surface area (TPSA) is 33.5 Å². The van der Waals surface area contributed by atoms with E-state index in [1.807, 2.05) is 0 Å². The van der Waals surface area contributed by atoms with Gasteiger partial charge in [0.2, 0.25) is 5.91 Å². The molecular weight excluding hydrogens is 320 g/mol. The van der Waals surface area contributed by atoms with E-state index in [-0.39, 0.29) is 11.8 Å². The van der Waals surface area contributed by atoms with Gasteiger partial charge < -0.3 is 10.2 Å². The molecule has 0 saturated carbocycles. The van der Waals surface area contributed by atoms with Crippen LogP contribution >= 0.6 is 0 Å². The van der Waals surface area contributed by atoms with Crippen molar-refractivity contribution >= 4 is 5.91 Å². The number of amides is 1. The van der Waals surface area contributed by atoms with Crippen LogP contribution in [0, 0.1) is 12.8 Å². The van der Waals surface area contributed by atoms with Crippen molar-refractivity contribution in [2.24, 2.45) is 5.92 Å². The second-order valence-electron chi connectivity index (χ2n) is 7.57. The maximum Gasteiger partial charge on any atom is 0.223 e. The molecule has 0 aromatic heterocycles. The van der Waals surface area contributed by atoms with Crippen molar-refractivity contribution in [3.8, 4) is 0 Å². The molecule has 0 aliphatic carbocycles. The first kappa shape index (κ1) is 18.7. The molecule has 1 aliphatic heterocycles. The molecule has 1 saturated heterocycles. The maximum atomic E-state index is 12.5. The van der Waals surface area contributed by atoms with Gasteiger partial charge in [0.1, 0.15) is 6.54 Å². The monoisotopic (exact) mass is 351 g/mol. The fraction of sp³-hybridized carbons (Fsp3) is 0.435. The molecule has 0 radical (unpaired) electrons. The Labute approximate surface area is 157 Å². The van der Waals surface area contributed by atoms with Crippen LogP contribution in [-0.4, -0.2) is 19.0 Å². The minimum absolute atomic E-state index is 0.173. The van der Waals surface area contributed by atoms with Crippen LogP contribution in [0.5, 0.6) is 0 Å². The Balaban J connectivity index is 1.42. The highest BCUT2D eigenvalue weighted by Gasteiger charge is 2.27. The van der Waals surface area contributed by atoms with Crippen LogP contribution in [0.3, 0.4) is 0 Å². The van der Waals surface area contributed by atoms with E-state index >= 15 is 0 Å². The van der Waals surface area contributed by atoms with E-state index in [1.165, 1.54) is 22.3 Å². The van der Waals surface area contributed by atoms with Crippen molar-refractivity contribution in [2.45, 2.75) is 46.2 Å². The average Bonchev–Trinajstić information content (AvgIpc) is 2.68. The predicted molar refractivity (Wildman–Crippen MR) is 106 cm³/mol. The predicted octanol–water partition coefficient (Wildman–Crippen LogP) is 2.67. The number of piperidine rings is 1. The number of benzene rings is 2. The van der Waals surface area contributed by atoms with E-state index in [1.54, 1.807) is 4.90 Å². The summed E-state index contributed by atoms with van der Waals surface area (Å²) in [5.41, 5.74) is 5.22. The molecule has 1 aliphatic rings. The molecule has 2 aromatic carbocycles. The van der Waals surface area contributed by atoms with Gasteiger partial charge >= 0.3 is 0 Å². The third-order valence-corrected chi connectivity index (χ3v) is 5.54. The van der Waals surface area contributed by atoms with Crippen molar-refractivity contribution in [3.63, 3.8) is 0 Å². The lowest BCUT2D eigenvalue weighted by atomic mass is 9.95. The van der Waals surface area contributed by atoms with Crippen molar-refractivity contribution < 1.29 is 9.69 Å². The molecule has 1 heterocycles. The summed E-state index contributed by atoms with van der Waals surface area (Å²) in [6.07, 6.45) is 3.07. The zero-order valence-corrected chi connectivity index (χ0v) is 16.1. The third kappa shape index (κ3) is 5.18. The minimum atomic E-state index is 0.173. The van der Waals surface area contributed by atoms with E-state index in [4.69, 9.17) is 0 Å². The van der Waals surface area contributed by atoms with Crippen molar-refractivity contribution in [1.29, 1.82) is 0 Å². The summed E-state index contributed by atoms with van der Waals surface area (Å²) in [4.78, 5) is 14.0. The number of quaternary nitrogens is 1. The van der Waals surface area contributed by atoms with Gasteiger partial charge in [0, 0.05) is 30.9 Å². The summed E-state index contributed by atoms with van der Waals surface area (Å²) in [6.45, 7) is 8.14. The largest absolute Gasteiger partial charge is 0.352 e. The molecule has 1 fully saturated rings. The smallest absolute Gasteiger partial charge is 0.223 e. The Morgan fingerprint density at radius 1 is 0.962 bits per heavy atom. The Hall–Kier alpha value is -2.13. The second-order valence-corrected chi connectivity index (χ2v) is 7.57. The molecule has 2 aromatic rings. The molecule has 138 valence electrons. The molecule has 0 unspecified atom stereocenters. The van der Waals surface area contributed by atoms with Gasteiger partial charge in [-0.3, -0.25) is 4.79 Å². The van der Waals surface area contributed by atoms with Crippen molar-refractivity contribution in [2.75, 3.05) is 13.1 Å². The number of hydrogen-bond acceptors (Lipinski definition) is 1. The Kier molecular flexibility index (Phi) is 6.45. The lowest BCUT2D eigenvalue weighted by Crippen LogP contribution is -3.11. The van der Waals surface area contributed by atoms with Gasteiger partial charge in [0.15, 0.2) is 0 Å². The van der Waals surface area contributed by atoms with E-state index in [9.17, 15) is 4.79 Å². The van der Waals surface area contributed by atoms with Crippen LogP contribution in [0.25, 0.3) is 0 Å². The lowest BCUT2D eigenvalue weighted by Gasteiger charge is -2.28. The average molecular weight is 352 g/mol. The summed E-state index contributed by atoms with van der Waals surface area (Å²) in [7, 11) is 0. The zero-order valence-electron chi connectivity index (χ0n) is 16.1. The van der Waals surface area contributed by atoms with Gasteiger partial charge in [0.05, 0.1) is 13.1 Å². The highest BCUT2D eigenvalue weighted by Crippen LogP contribution is 2.11. The SMILES string of the molecule is CCc1ccc(C[NH+]2CCC(C(=O)NCc3ccc(C)cc3)CC2)cc1. The van der Waals surface area contributed by atoms with E-state index in [0.717, 1.165) is 38.9 Å². The zero-order chi connectivity index (χ0) is 18.4. The van der Waals surface area contributed by atoms with Gasteiger partial charge in [-0.2, -0.15) is 0 Å². The van der Waals surface area contributed by atoms with Gasteiger partial charge in [-0.05, 0) is 24.5 Å². The molecule has 2 N–H and O–H groups in total. The molecule has 26 heavy (non-hydrogen) atoms. The number of rotatable bonds is 6. The molecule has 0 spiro atoms. The Morgan fingerprint density at radius 2 is 1.54 bits per heavy atom. The van der Waals surface area contributed by atoms with E-state index in [2.05, 4.69) is 67.7 Å². The van der Waals surface area contributed by atoms with E-state index in [0.29, 0.717) is 6.54 Å². The fourth-order valence-corrected chi connectivity index (χ4v) is 3.69. The Bertz CT molecular complexity index is 698. The fourth-order valence-electron chi connectivity index (χ4n) is 3.69. The number of aryl methyl sites for hydroxylation is 2. The van der Waals surface area contributed by atoms with Crippen LogP contribution in [0.15, 0.2) is 48.5 Å². The lowest BCUT2D eigenvalue weighted by molar-refractivity contribution is -0.919. The Morgan fingerprint density at radius 3 is 2.15 bits per heavy atom. The van der Waals surface area contributed by atoms with Crippen LogP contribution in [0.4, 0.5) is 0 Å². The molecule has 0 atom stereocenters. The quantitative estimate of drug-likeness (QED) is 0.824. The summed E-state index contributed by atoms with van der Waals surface area (Å²) < 4.78 is 0. The molecule has 3 rings (SSSR count). The van der Waals surface area contributed by atoms with Gasteiger partial charge in [-0.25, -0.2) is 0 Å². The van der Waals surface area contributed by atoms with Crippen molar-refractivity contribution in [3.05, 3.63) is 70.8 Å². The third-order valence-electron chi connectivity index (χ3n) is 5.54. The first-order valence-electron chi connectivity index (χ1n) is 9.88. The van der Waals surface area contributed by atoms with Crippen LogP contribution in [0.2, 0.25) is 0 Å². The molecule has 3 nitrogen and oxygen atoms in total. The van der Waals surface area contributed by atoms with Gasteiger partial charge in [0.25, 0.3) is 0 Å². The normalized spacial score (nSPS) is 19.9. The summed E-state index contributed by atoms with van der Waals surface area (Å²) in [6, 6.07) is 17.4. The number of nitrogens with one attached hydrogen (secondary N) is 2. The standard InChI is InChI=1S/C23H30N2O/c1-3-19-8-10-21(11-9-19)17-25-14-12-22(13-15-25)23(26)24-16-20-6-4-18(2)5-7-20/h4-11,22H,3,12-17H2,1-2H3,(H,24,26)/p+1. The van der Waals surface area contributed by atoms with Gasteiger partial charge in [-0.15, -0.1) is 0 Å². The number of likely N-dealkylation sites (tertiary alicyclic amines) is 1. The second kappa shape index (κ2) is 9.00. The van der Waals surface area contributed by atoms with Gasteiger partial charge in [-0.1, -0.05) is 61.0 Å². The molecule has 0 bridgehead atoms. The van der Waals surface area contributed by atoms with Crippen LogP contribution in [0.1, 0.15) is 42.0 Å². The number of carbonyl (C=O) groups excluding carboxylic acids is 1. The van der Waals surface area contributed by atoms with Crippen LogP contribution < -0.4 is 10.2 Å². The summed E-state index contributed by atoms with van der Waals surface area (Å²) >= 11 is 0. The number of carbonyl (C=O) groups is 1. The summed E-state index contributed by atoms with van der Waals surface area (Å²) in [5.74, 6) is 0.392. The first-order valence-corrected chi connectivity index (χ1v) is 9.88. The molecular formula is C23H31N2O+. The minimum Gasteiger partial charge on any atom is -0.352 e. The maximum absolute atomic E-state index is 12.5. The first-order chi connectivity index (χ1) is 12.6.